The first-order valence-corrected chi connectivity index (χ1v) is 12.6. The average Bonchev–Trinajstić information content (AvgIpc) is 3.25. The summed E-state index contributed by atoms with van der Waals surface area (Å²) in [5, 5.41) is 0. The normalized spacial score (nSPS) is 19.7. The molecule has 0 N–H and O–H groups in total. The van der Waals surface area contributed by atoms with Gasteiger partial charge in [0.1, 0.15) is 5.82 Å². The summed E-state index contributed by atoms with van der Waals surface area (Å²) in [6.45, 7) is 6.95. The zero-order chi connectivity index (χ0) is 20.8. The van der Waals surface area contributed by atoms with E-state index in [1.54, 1.807) is 0 Å². The molecule has 1 aromatic rings. The van der Waals surface area contributed by atoms with Crippen LogP contribution in [0.5, 0.6) is 0 Å². The van der Waals surface area contributed by atoms with E-state index in [1.165, 1.54) is 89.3 Å². The van der Waals surface area contributed by atoms with Crippen LogP contribution in [0.15, 0.2) is 36.7 Å². The van der Waals surface area contributed by atoms with Crippen molar-refractivity contribution in [1.29, 1.82) is 0 Å². The number of imidazole rings is 1. The Labute approximate surface area is 180 Å². The lowest BCUT2D eigenvalue weighted by molar-refractivity contribution is 0.400. The third-order valence-corrected chi connectivity index (χ3v) is 6.84. The van der Waals surface area contributed by atoms with Gasteiger partial charge in [0.15, 0.2) is 0 Å². The second-order valence-electron chi connectivity index (χ2n) is 9.19. The molecular formula is C27H46N2. The van der Waals surface area contributed by atoms with Crippen molar-refractivity contribution in [2.75, 3.05) is 0 Å². The second kappa shape index (κ2) is 13.8. The van der Waals surface area contributed by atoms with E-state index < -0.39 is 0 Å². The first-order valence-electron chi connectivity index (χ1n) is 12.6. The van der Waals surface area contributed by atoms with Crippen molar-refractivity contribution in [2.45, 2.75) is 129 Å². The number of nitrogens with zero attached hydrogens (tertiary/aromatic N) is 2. The molecule has 0 radical (unpaired) electrons. The van der Waals surface area contributed by atoms with Crippen molar-refractivity contribution in [1.82, 2.24) is 9.55 Å². The molecule has 0 saturated carbocycles. The van der Waals surface area contributed by atoms with E-state index in [0.29, 0.717) is 6.04 Å². The zero-order valence-corrected chi connectivity index (χ0v) is 19.5. The monoisotopic (exact) mass is 398 g/mol. The van der Waals surface area contributed by atoms with Crippen LogP contribution in [0, 0.1) is 0 Å². The van der Waals surface area contributed by atoms with Crippen molar-refractivity contribution < 1.29 is 0 Å². The number of unbranched alkanes of at least 4 members (excludes halogenated alkanes) is 11. The molecule has 0 fully saturated rings. The van der Waals surface area contributed by atoms with Crippen molar-refractivity contribution in [3.63, 3.8) is 0 Å². The van der Waals surface area contributed by atoms with Gasteiger partial charge >= 0.3 is 0 Å². The molecule has 0 amide bonds. The highest BCUT2D eigenvalue weighted by Gasteiger charge is 2.32. The predicted molar refractivity (Wildman–Crippen MR) is 127 cm³/mol. The van der Waals surface area contributed by atoms with Gasteiger partial charge in [-0.3, -0.25) is 0 Å². The fourth-order valence-corrected chi connectivity index (χ4v) is 4.73. The Bertz CT molecular complexity index is 597. The summed E-state index contributed by atoms with van der Waals surface area (Å²) in [7, 11) is 0. The lowest BCUT2D eigenvalue weighted by atomic mass is 9.78. The van der Waals surface area contributed by atoms with Crippen LogP contribution in [-0.4, -0.2) is 9.55 Å². The zero-order valence-electron chi connectivity index (χ0n) is 19.5. The van der Waals surface area contributed by atoms with E-state index in [1.807, 2.05) is 6.20 Å². The SMILES string of the molecule is CCCCCCCCCCCCCCC(C)n1ccnc1C1(CC)C=CC=CC1. The molecule has 0 aliphatic heterocycles. The van der Waals surface area contributed by atoms with E-state index in [0.717, 1.165) is 12.8 Å². The van der Waals surface area contributed by atoms with Crippen molar-refractivity contribution >= 4 is 0 Å². The molecule has 1 heterocycles. The highest BCUT2D eigenvalue weighted by Crippen LogP contribution is 2.36. The fraction of sp³-hybridized carbons (Fsp3) is 0.741. The Balaban J connectivity index is 1.61. The van der Waals surface area contributed by atoms with Crippen LogP contribution < -0.4 is 0 Å². The Morgan fingerprint density at radius 2 is 1.52 bits per heavy atom. The van der Waals surface area contributed by atoms with Crippen LogP contribution >= 0.6 is 0 Å². The largest absolute Gasteiger partial charge is 0.331 e. The summed E-state index contributed by atoms with van der Waals surface area (Å²) in [4.78, 5) is 4.79. The maximum absolute atomic E-state index is 4.79. The number of allylic oxidation sites excluding steroid dienone is 4. The topological polar surface area (TPSA) is 17.8 Å². The standard InChI is InChI=1S/C27H46N2/c1-4-6-7-8-9-10-11-12-13-14-15-17-20-25(3)29-24-23-28-26(29)27(5-2)21-18-16-19-22-27/h16,18-19,21,23-25H,4-15,17,20,22H2,1-3H3. The van der Waals surface area contributed by atoms with Gasteiger partial charge in [0.2, 0.25) is 0 Å². The molecule has 0 saturated heterocycles. The van der Waals surface area contributed by atoms with Gasteiger partial charge in [-0.1, -0.05) is 115 Å². The molecule has 2 atom stereocenters. The number of hydrogen-bond donors (Lipinski definition) is 0. The fourth-order valence-electron chi connectivity index (χ4n) is 4.73. The molecule has 29 heavy (non-hydrogen) atoms. The van der Waals surface area contributed by atoms with Gasteiger partial charge in [-0.15, -0.1) is 0 Å². The Morgan fingerprint density at radius 3 is 2.07 bits per heavy atom. The van der Waals surface area contributed by atoms with E-state index >= 15 is 0 Å². The summed E-state index contributed by atoms with van der Waals surface area (Å²) >= 11 is 0. The second-order valence-corrected chi connectivity index (χ2v) is 9.19. The van der Waals surface area contributed by atoms with E-state index in [2.05, 4.69) is 55.8 Å². The van der Waals surface area contributed by atoms with Crippen LogP contribution in [0.25, 0.3) is 0 Å². The van der Waals surface area contributed by atoms with Crippen molar-refractivity contribution in [3.8, 4) is 0 Å². The number of hydrogen-bond acceptors (Lipinski definition) is 1. The Hall–Kier alpha value is -1.31. The Morgan fingerprint density at radius 1 is 0.897 bits per heavy atom. The van der Waals surface area contributed by atoms with Gasteiger partial charge in [0.25, 0.3) is 0 Å². The van der Waals surface area contributed by atoms with Crippen LogP contribution in [0.1, 0.15) is 129 Å². The molecule has 1 aromatic heterocycles. The molecule has 2 heteroatoms. The summed E-state index contributed by atoms with van der Waals surface area (Å²) in [6, 6.07) is 0.540. The molecule has 1 aliphatic carbocycles. The number of rotatable bonds is 16. The third kappa shape index (κ3) is 7.79. The first-order chi connectivity index (χ1) is 14.2. The molecule has 2 rings (SSSR count). The van der Waals surface area contributed by atoms with Crippen LogP contribution in [0.3, 0.4) is 0 Å². The Kier molecular flexibility index (Phi) is 11.4. The minimum atomic E-state index is 0.0864. The quantitative estimate of drug-likeness (QED) is 0.255. The lowest BCUT2D eigenvalue weighted by Crippen LogP contribution is -2.28. The number of aromatic nitrogens is 2. The lowest BCUT2D eigenvalue weighted by Gasteiger charge is -2.31. The molecule has 164 valence electrons. The molecule has 2 unspecified atom stereocenters. The van der Waals surface area contributed by atoms with Crippen molar-refractivity contribution in [3.05, 3.63) is 42.5 Å². The van der Waals surface area contributed by atoms with Gasteiger partial charge in [0, 0.05) is 23.9 Å². The first kappa shape index (κ1) is 24.0. The van der Waals surface area contributed by atoms with E-state index in [9.17, 15) is 0 Å². The summed E-state index contributed by atoms with van der Waals surface area (Å²) < 4.78 is 2.45. The summed E-state index contributed by atoms with van der Waals surface area (Å²) in [6.07, 6.45) is 33.7. The van der Waals surface area contributed by atoms with Crippen LogP contribution in [-0.2, 0) is 5.41 Å². The van der Waals surface area contributed by atoms with Gasteiger partial charge in [0.05, 0.1) is 0 Å². The van der Waals surface area contributed by atoms with Crippen molar-refractivity contribution in [2.24, 2.45) is 0 Å². The van der Waals surface area contributed by atoms with E-state index in [-0.39, 0.29) is 5.41 Å². The molecule has 0 bridgehead atoms. The molecule has 0 aromatic carbocycles. The summed E-state index contributed by atoms with van der Waals surface area (Å²) in [5.74, 6) is 1.26. The highest BCUT2D eigenvalue weighted by molar-refractivity contribution is 5.28. The predicted octanol–water partition coefficient (Wildman–Crippen LogP) is 8.70. The minimum Gasteiger partial charge on any atom is -0.331 e. The van der Waals surface area contributed by atoms with Crippen LogP contribution in [0.4, 0.5) is 0 Å². The average molecular weight is 399 g/mol. The van der Waals surface area contributed by atoms with Crippen LogP contribution in [0.2, 0.25) is 0 Å². The third-order valence-electron chi connectivity index (χ3n) is 6.84. The van der Waals surface area contributed by atoms with E-state index in [4.69, 9.17) is 4.98 Å². The minimum absolute atomic E-state index is 0.0864. The van der Waals surface area contributed by atoms with Gasteiger partial charge < -0.3 is 4.57 Å². The van der Waals surface area contributed by atoms with Gasteiger partial charge in [-0.2, -0.15) is 0 Å². The summed E-state index contributed by atoms with van der Waals surface area (Å²) in [5.41, 5.74) is 0.0864. The molecule has 2 nitrogen and oxygen atoms in total. The maximum Gasteiger partial charge on any atom is 0.119 e. The smallest absolute Gasteiger partial charge is 0.119 e. The van der Waals surface area contributed by atoms with Gasteiger partial charge in [-0.25, -0.2) is 4.98 Å². The maximum atomic E-state index is 4.79. The highest BCUT2D eigenvalue weighted by atomic mass is 15.1. The molecule has 0 spiro atoms. The molecular weight excluding hydrogens is 352 g/mol. The van der Waals surface area contributed by atoms with Gasteiger partial charge in [-0.05, 0) is 26.2 Å². The molecule has 1 aliphatic rings.